The van der Waals surface area contributed by atoms with Crippen LogP contribution in [0.25, 0.3) is 11.3 Å². The fourth-order valence-electron chi connectivity index (χ4n) is 4.28. The van der Waals surface area contributed by atoms with Gasteiger partial charge in [0.25, 0.3) is 0 Å². The molecule has 14 heteroatoms. The Balaban J connectivity index is 1.37. The first-order valence-electron chi connectivity index (χ1n) is 13.5. The van der Waals surface area contributed by atoms with Crippen LogP contribution in [0.3, 0.4) is 0 Å². The number of ether oxygens (including phenoxy) is 1. The zero-order chi connectivity index (χ0) is 30.7. The highest BCUT2D eigenvalue weighted by Crippen LogP contribution is 2.36. The predicted octanol–water partition coefficient (Wildman–Crippen LogP) is 5.87. The van der Waals surface area contributed by atoms with Crippen molar-refractivity contribution in [3.05, 3.63) is 48.4 Å². The Hall–Kier alpha value is -3.36. The van der Waals surface area contributed by atoms with Gasteiger partial charge in [-0.3, -0.25) is 4.68 Å². The van der Waals surface area contributed by atoms with Crippen molar-refractivity contribution in [2.24, 2.45) is 0 Å². The van der Waals surface area contributed by atoms with E-state index in [4.69, 9.17) is 4.74 Å². The Morgan fingerprint density at radius 3 is 2.36 bits per heavy atom. The van der Waals surface area contributed by atoms with Gasteiger partial charge in [-0.15, -0.1) is 0 Å². The Morgan fingerprint density at radius 2 is 1.76 bits per heavy atom. The van der Waals surface area contributed by atoms with Crippen LogP contribution in [0.2, 0.25) is 0 Å². The molecule has 0 bridgehead atoms. The van der Waals surface area contributed by atoms with E-state index in [0.29, 0.717) is 5.69 Å². The molecule has 0 spiro atoms. The van der Waals surface area contributed by atoms with Crippen LogP contribution in [0, 0.1) is 0 Å². The number of hydrogen-bond donors (Lipinski definition) is 3. The van der Waals surface area contributed by atoms with Gasteiger partial charge in [0.05, 0.1) is 24.0 Å². The molecule has 2 aromatic heterocycles. The third-order valence-corrected chi connectivity index (χ3v) is 7.18. The smallest absolute Gasteiger partial charge is 0.419 e. The lowest BCUT2D eigenvalue weighted by Gasteiger charge is -2.32. The van der Waals surface area contributed by atoms with Gasteiger partial charge in [-0.05, 0) is 83.7 Å². The second-order valence-electron chi connectivity index (χ2n) is 11.8. The fourth-order valence-corrected chi connectivity index (χ4v) is 5.23. The highest BCUT2D eigenvalue weighted by molar-refractivity contribution is 7.97. The Morgan fingerprint density at radius 1 is 1.10 bits per heavy atom. The molecule has 228 valence electrons. The summed E-state index contributed by atoms with van der Waals surface area (Å²) in [7, 11) is 0. The van der Waals surface area contributed by atoms with Crippen LogP contribution < -0.4 is 10.6 Å². The molecule has 0 aliphatic carbocycles. The van der Waals surface area contributed by atoms with Gasteiger partial charge in [0.1, 0.15) is 11.2 Å². The highest BCUT2D eigenvalue weighted by Gasteiger charge is 2.36. The normalized spacial score (nSPS) is 15.5. The SMILES string of the molecule is CC(C)(O)Cn1cc(-c2nc(Nc3ccc(SN4CCC(NC(=O)OC(C)(C)C)CC4)cc3)ncc2C(F)(F)F)cn1. The molecule has 3 N–H and O–H groups in total. The lowest BCUT2D eigenvalue weighted by Crippen LogP contribution is -2.44. The quantitative estimate of drug-likeness (QED) is 0.270. The maximum absolute atomic E-state index is 13.7. The molecule has 10 nitrogen and oxygen atoms in total. The number of piperidine rings is 1. The van der Waals surface area contributed by atoms with Crippen molar-refractivity contribution in [3.8, 4) is 11.3 Å². The van der Waals surface area contributed by atoms with Crippen molar-refractivity contribution in [2.75, 3.05) is 18.4 Å². The lowest BCUT2D eigenvalue weighted by molar-refractivity contribution is -0.137. The molecule has 3 heterocycles. The second-order valence-corrected chi connectivity index (χ2v) is 13.0. The summed E-state index contributed by atoms with van der Waals surface area (Å²) in [5.74, 6) is 0.00759. The number of amides is 1. The highest BCUT2D eigenvalue weighted by atomic mass is 32.2. The third-order valence-electron chi connectivity index (χ3n) is 6.07. The Kier molecular flexibility index (Phi) is 9.38. The number of hydrogen-bond acceptors (Lipinski definition) is 9. The van der Waals surface area contributed by atoms with Crippen molar-refractivity contribution in [3.63, 3.8) is 0 Å². The molecule has 1 fully saturated rings. The minimum atomic E-state index is -4.66. The molecule has 3 aromatic rings. The average Bonchev–Trinajstić information content (AvgIpc) is 3.31. The number of aromatic nitrogens is 4. The summed E-state index contributed by atoms with van der Waals surface area (Å²) in [4.78, 5) is 21.1. The first-order valence-corrected chi connectivity index (χ1v) is 14.3. The largest absolute Gasteiger partial charge is 0.444 e. The molecule has 1 amide bonds. The molecule has 1 aromatic carbocycles. The van der Waals surface area contributed by atoms with E-state index in [0.717, 1.165) is 37.0 Å². The fraction of sp³-hybridized carbons (Fsp3) is 0.500. The van der Waals surface area contributed by atoms with Crippen LogP contribution in [0.4, 0.5) is 29.6 Å². The maximum Gasteiger partial charge on any atom is 0.419 e. The molecule has 0 radical (unpaired) electrons. The number of benzene rings is 1. The van der Waals surface area contributed by atoms with E-state index in [1.54, 1.807) is 37.9 Å². The van der Waals surface area contributed by atoms with E-state index in [-0.39, 0.29) is 29.8 Å². The second kappa shape index (κ2) is 12.5. The van der Waals surface area contributed by atoms with Gasteiger partial charge in [0.2, 0.25) is 5.95 Å². The van der Waals surface area contributed by atoms with Crippen LogP contribution in [-0.4, -0.2) is 65.6 Å². The van der Waals surface area contributed by atoms with Crippen molar-refractivity contribution in [2.45, 2.75) is 82.3 Å². The molecule has 0 atom stereocenters. The monoisotopic (exact) mass is 607 g/mol. The molecule has 42 heavy (non-hydrogen) atoms. The van der Waals surface area contributed by atoms with Gasteiger partial charge < -0.3 is 20.5 Å². The molecular weight excluding hydrogens is 571 g/mol. The van der Waals surface area contributed by atoms with Crippen LogP contribution in [0.5, 0.6) is 0 Å². The van der Waals surface area contributed by atoms with E-state index in [1.807, 2.05) is 32.9 Å². The minimum Gasteiger partial charge on any atom is -0.444 e. The number of carbonyl (C=O) groups excluding carboxylic acids is 1. The van der Waals surface area contributed by atoms with E-state index in [2.05, 4.69) is 30.0 Å². The van der Waals surface area contributed by atoms with Crippen LogP contribution >= 0.6 is 11.9 Å². The number of alkyl carbamates (subject to hydrolysis) is 1. The molecule has 1 aliphatic rings. The lowest BCUT2D eigenvalue weighted by atomic mass is 10.1. The number of nitrogens with one attached hydrogen (secondary N) is 2. The average molecular weight is 608 g/mol. The predicted molar refractivity (Wildman–Crippen MR) is 154 cm³/mol. The summed E-state index contributed by atoms with van der Waals surface area (Å²) >= 11 is 1.60. The van der Waals surface area contributed by atoms with Crippen molar-refractivity contribution in [1.29, 1.82) is 0 Å². The maximum atomic E-state index is 13.7. The van der Waals surface area contributed by atoms with Crippen molar-refractivity contribution in [1.82, 2.24) is 29.4 Å². The van der Waals surface area contributed by atoms with Crippen molar-refractivity contribution < 1.29 is 27.8 Å². The zero-order valence-electron chi connectivity index (χ0n) is 24.2. The first-order chi connectivity index (χ1) is 19.5. The van der Waals surface area contributed by atoms with Gasteiger partial charge in [-0.1, -0.05) is 0 Å². The van der Waals surface area contributed by atoms with E-state index in [9.17, 15) is 23.1 Å². The van der Waals surface area contributed by atoms with Gasteiger partial charge in [-0.25, -0.2) is 19.1 Å². The summed E-state index contributed by atoms with van der Waals surface area (Å²) in [6, 6.07) is 7.49. The number of nitrogens with zero attached hydrogens (tertiary/aromatic N) is 5. The van der Waals surface area contributed by atoms with Gasteiger partial charge in [0.15, 0.2) is 0 Å². The summed E-state index contributed by atoms with van der Waals surface area (Å²) in [5.41, 5.74) is -2.14. The summed E-state index contributed by atoms with van der Waals surface area (Å²) < 4.78 is 50.2. The van der Waals surface area contributed by atoms with E-state index in [1.165, 1.54) is 17.1 Å². The Bertz CT molecular complexity index is 1360. The molecule has 4 rings (SSSR count). The zero-order valence-corrected chi connectivity index (χ0v) is 25.0. The molecule has 0 saturated carbocycles. The van der Waals surface area contributed by atoms with Crippen LogP contribution in [-0.2, 0) is 17.5 Å². The van der Waals surface area contributed by atoms with E-state index < -0.39 is 29.0 Å². The summed E-state index contributed by atoms with van der Waals surface area (Å²) in [6.07, 6.45) is -0.0000631. The standard InChI is InChI=1S/C28H36F3N7O3S/c1-26(2,3)41-25(39)35-20-10-12-38(13-11-20)42-21-8-6-19(7-9-21)34-24-32-15-22(28(29,30)31)23(36-24)18-14-33-37(16-18)17-27(4,5)40/h6-9,14-16,20,40H,10-13,17H2,1-5H3,(H,35,39)(H,32,34,36). The van der Waals surface area contributed by atoms with Gasteiger partial charge >= 0.3 is 12.3 Å². The van der Waals surface area contributed by atoms with Gasteiger partial charge in [-0.2, -0.15) is 18.3 Å². The van der Waals surface area contributed by atoms with E-state index >= 15 is 0 Å². The first kappa shape index (κ1) is 31.6. The number of alkyl halides is 3. The molecule has 1 aliphatic heterocycles. The number of aliphatic hydroxyl groups is 1. The third kappa shape index (κ3) is 9.33. The topological polar surface area (TPSA) is 117 Å². The number of rotatable bonds is 8. The summed E-state index contributed by atoms with van der Waals surface area (Å²) in [6.45, 7) is 10.4. The summed E-state index contributed by atoms with van der Waals surface area (Å²) in [5, 5.41) is 20.0. The van der Waals surface area contributed by atoms with Crippen molar-refractivity contribution >= 4 is 29.7 Å². The number of carbonyl (C=O) groups is 1. The van der Waals surface area contributed by atoms with Crippen LogP contribution in [0.1, 0.15) is 53.0 Å². The van der Waals surface area contributed by atoms with Gasteiger partial charge in [0, 0.05) is 47.7 Å². The molecular formula is C28H36F3N7O3S. The minimum absolute atomic E-state index is 0.00759. The number of anilines is 2. The number of halogens is 3. The Labute approximate surface area is 247 Å². The molecule has 0 unspecified atom stereocenters. The molecule has 1 saturated heterocycles. The van der Waals surface area contributed by atoms with Crippen LogP contribution in [0.15, 0.2) is 47.8 Å².